The fourth-order valence-corrected chi connectivity index (χ4v) is 1.34. The number of hydrogen-bond acceptors (Lipinski definition) is 3. The third-order valence-electron chi connectivity index (χ3n) is 2.06. The van der Waals surface area contributed by atoms with Crippen LogP contribution in [0.15, 0.2) is 28.9 Å². The van der Waals surface area contributed by atoms with Crippen LogP contribution in [0.1, 0.15) is 5.56 Å². The predicted octanol–water partition coefficient (Wildman–Crippen LogP) is 2.22. The van der Waals surface area contributed by atoms with Gasteiger partial charge in [-0.05, 0) is 12.1 Å². The maximum absolute atomic E-state index is 13.7. The second-order valence-electron chi connectivity index (χ2n) is 2.90. The van der Waals surface area contributed by atoms with Crippen molar-refractivity contribution >= 4 is 11.0 Å². The van der Waals surface area contributed by atoms with Crippen molar-refractivity contribution in [3.8, 4) is 0 Å². The van der Waals surface area contributed by atoms with E-state index in [1.54, 1.807) is 18.2 Å². The minimum atomic E-state index is -0.263. The molecule has 2 rings (SSSR count). The molecule has 0 bridgehead atoms. The molecule has 3 nitrogen and oxygen atoms in total. The van der Waals surface area contributed by atoms with Gasteiger partial charge in [0.25, 0.3) is 0 Å². The Morgan fingerprint density at radius 1 is 1.43 bits per heavy atom. The summed E-state index contributed by atoms with van der Waals surface area (Å²) in [5, 5.41) is 0.500. The normalized spacial score (nSPS) is 11.0. The first-order valence-electron chi connectivity index (χ1n) is 4.23. The van der Waals surface area contributed by atoms with Crippen LogP contribution in [-0.2, 0) is 11.4 Å². The van der Waals surface area contributed by atoms with Gasteiger partial charge in [0.1, 0.15) is 11.4 Å². The molecule has 0 radical (unpaired) electrons. The number of fused-ring (bicyclic) bond motifs is 1. The van der Waals surface area contributed by atoms with E-state index in [9.17, 15) is 4.39 Å². The highest BCUT2D eigenvalue weighted by Crippen LogP contribution is 2.21. The van der Waals surface area contributed by atoms with Crippen molar-refractivity contribution < 1.29 is 13.6 Å². The third kappa shape index (κ3) is 1.49. The standard InChI is InChI=1S/C10H10FNO2/c1-13-12-6-7-2-3-9-8(10(7)11)4-5-14-9/h2-5,12H,6H2,1H3. The van der Waals surface area contributed by atoms with E-state index in [2.05, 4.69) is 10.3 Å². The van der Waals surface area contributed by atoms with Gasteiger partial charge in [0, 0.05) is 12.1 Å². The molecule has 0 aliphatic carbocycles. The second-order valence-corrected chi connectivity index (χ2v) is 2.90. The Labute approximate surface area is 80.4 Å². The van der Waals surface area contributed by atoms with E-state index in [-0.39, 0.29) is 5.82 Å². The summed E-state index contributed by atoms with van der Waals surface area (Å²) in [6, 6.07) is 5.03. The highest BCUT2D eigenvalue weighted by atomic mass is 19.1. The molecule has 1 aromatic heterocycles. The lowest BCUT2D eigenvalue weighted by atomic mass is 10.1. The summed E-state index contributed by atoms with van der Waals surface area (Å²) in [5.41, 5.74) is 3.71. The maximum Gasteiger partial charge on any atom is 0.138 e. The van der Waals surface area contributed by atoms with Crippen molar-refractivity contribution in [2.45, 2.75) is 6.54 Å². The maximum atomic E-state index is 13.7. The first kappa shape index (κ1) is 9.18. The molecule has 74 valence electrons. The van der Waals surface area contributed by atoms with Crippen molar-refractivity contribution in [2.75, 3.05) is 7.11 Å². The van der Waals surface area contributed by atoms with Crippen LogP contribution in [0.4, 0.5) is 4.39 Å². The topological polar surface area (TPSA) is 34.4 Å². The van der Waals surface area contributed by atoms with E-state index in [1.165, 1.54) is 13.4 Å². The first-order valence-corrected chi connectivity index (χ1v) is 4.23. The second kappa shape index (κ2) is 3.77. The molecule has 0 fully saturated rings. The fraction of sp³-hybridized carbons (Fsp3) is 0.200. The molecule has 0 aliphatic rings. The lowest BCUT2D eigenvalue weighted by Gasteiger charge is -2.03. The van der Waals surface area contributed by atoms with Crippen LogP contribution in [0.5, 0.6) is 0 Å². The van der Waals surface area contributed by atoms with E-state index < -0.39 is 0 Å². The van der Waals surface area contributed by atoms with Crippen molar-refractivity contribution in [1.82, 2.24) is 5.48 Å². The summed E-state index contributed by atoms with van der Waals surface area (Å²) in [6.07, 6.45) is 1.47. The molecule has 2 aromatic rings. The van der Waals surface area contributed by atoms with Gasteiger partial charge in [-0.2, -0.15) is 5.48 Å². The van der Waals surface area contributed by atoms with Gasteiger partial charge in [-0.15, -0.1) is 0 Å². The Morgan fingerprint density at radius 3 is 3.07 bits per heavy atom. The van der Waals surface area contributed by atoms with E-state index in [4.69, 9.17) is 4.42 Å². The van der Waals surface area contributed by atoms with Gasteiger partial charge in [0.2, 0.25) is 0 Å². The van der Waals surface area contributed by atoms with Gasteiger partial charge >= 0.3 is 0 Å². The molecule has 0 saturated heterocycles. The van der Waals surface area contributed by atoms with Gasteiger partial charge in [0.05, 0.1) is 18.8 Å². The minimum absolute atomic E-state index is 0.263. The lowest BCUT2D eigenvalue weighted by Crippen LogP contribution is -2.11. The van der Waals surface area contributed by atoms with Crippen LogP contribution in [0.3, 0.4) is 0 Å². The highest BCUT2D eigenvalue weighted by Gasteiger charge is 2.08. The number of benzene rings is 1. The van der Waals surface area contributed by atoms with Gasteiger partial charge in [-0.1, -0.05) is 6.07 Å². The zero-order chi connectivity index (χ0) is 9.97. The Bertz CT molecular complexity index is 439. The molecule has 0 unspecified atom stereocenters. The molecule has 0 amide bonds. The monoisotopic (exact) mass is 195 g/mol. The molecular formula is C10H10FNO2. The molecule has 0 aliphatic heterocycles. The van der Waals surface area contributed by atoms with E-state index >= 15 is 0 Å². The van der Waals surface area contributed by atoms with Gasteiger partial charge < -0.3 is 9.25 Å². The van der Waals surface area contributed by atoms with E-state index in [1.807, 2.05) is 0 Å². The Balaban J connectivity index is 2.40. The first-order chi connectivity index (χ1) is 6.83. The average Bonchev–Trinajstić information content (AvgIpc) is 2.66. The summed E-state index contributed by atoms with van der Waals surface area (Å²) in [7, 11) is 1.49. The van der Waals surface area contributed by atoms with E-state index in [0.717, 1.165) is 0 Å². The van der Waals surface area contributed by atoms with Crippen LogP contribution in [0.2, 0.25) is 0 Å². The number of hydrogen-bond donors (Lipinski definition) is 1. The Morgan fingerprint density at radius 2 is 2.29 bits per heavy atom. The molecule has 0 spiro atoms. The summed E-state index contributed by atoms with van der Waals surface area (Å²) in [4.78, 5) is 4.65. The number of rotatable bonds is 3. The quantitative estimate of drug-likeness (QED) is 0.762. The van der Waals surface area contributed by atoms with Crippen LogP contribution in [0, 0.1) is 5.82 Å². The minimum Gasteiger partial charge on any atom is -0.464 e. The fourth-order valence-electron chi connectivity index (χ4n) is 1.34. The smallest absolute Gasteiger partial charge is 0.138 e. The number of furan rings is 1. The van der Waals surface area contributed by atoms with Crippen molar-refractivity contribution in [1.29, 1.82) is 0 Å². The van der Waals surface area contributed by atoms with Gasteiger partial charge in [-0.3, -0.25) is 0 Å². The van der Waals surface area contributed by atoms with E-state index in [0.29, 0.717) is 23.1 Å². The molecule has 1 heterocycles. The number of halogens is 1. The van der Waals surface area contributed by atoms with Gasteiger partial charge in [0.15, 0.2) is 0 Å². The highest BCUT2D eigenvalue weighted by molar-refractivity contribution is 5.78. The summed E-state index contributed by atoms with van der Waals surface area (Å²) in [6.45, 7) is 0.337. The predicted molar refractivity (Wildman–Crippen MR) is 50.0 cm³/mol. The molecule has 14 heavy (non-hydrogen) atoms. The third-order valence-corrected chi connectivity index (χ3v) is 2.06. The SMILES string of the molecule is CONCc1ccc2occc2c1F. The Kier molecular flexibility index (Phi) is 2.47. The summed E-state index contributed by atoms with van der Waals surface area (Å²) in [5.74, 6) is -0.263. The van der Waals surface area contributed by atoms with Crippen LogP contribution in [0.25, 0.3) is 11.0 Å². The summed E-state index contributed by atoms with van der Waals surface area (Å²) < 4.78 is 18.7. The summed E-state index contributed by atoms with van der Waals surface area (Å²) >= 11 is 0. The molecule has 4 heteroatoms. The van der Waals surface area contributed by atoms with Crippen molar-refractivity contribution in [2.24, 2.45) is 0 Å². The zero-order valence-electron chi connectivity index (χ0n) is 7.71. The average molecular weight is 195 g/mol. The van der Waals surface area contributed by atoms with Crippen LogP contribution >= 0.6 is 0 Å². The Hall–Kier alpha value is -1.39. The van der Waals surface area contributed by atoms with Gasteiger partial charge in [-0.25, -0.2) is 4.39 Å². The van der Waals surface area contributed by atoms with Crippen LogP contribution < -0.4 is 5.48 Å². The molecule has 1 aromatic carbocycles. The molecular weight excluding hydrogens is 185 g/mol. The zero-order valence-corrected chi connectivity index (χ0v) is 7.71. The molecule has 0 atom stereocenters. The number of nitrogens with one attached hydrogen (secondary N) is 1. The molecule has 0 saturated carbocycles. The number of hydroxylamine groups is 1. The van der Waals surface area contributed by atoms with Crippen LogP contribution in [-0.4, -0.2) is 7.11 Å². The van der Waals surface area contributed by atoms with Crippen molar-refractivity contribution in [3.05, 3.63) is 35.8 Å². The lowest BCUT2D eigenvalue weighted by molar-refractivity contribution is 0.0860. The molecule has 1 N–H and O–H groups in total. The largest absolute Gasteiger partial charge is 0.464 e. The van der Waals surface area contributed by atoms with Crippen molar-refractivity contribution in [3.63, 3.8) is 0 Å².